The van der Waals surface area contributed by atoms with E-state index in [9.17, 15) is 14.9 Å². The van der Waals surface area contributed by atoms with Crippen LogP contribution in [-0.4, -0.2) is 15.7 Å². The number of aromatic nitrogens is 1. The third-order valence-corrected chi connectivity index (χ3v) is 2.89. The van der Waals surface area contributed by atoms with Gasteiger partial charge in [-0.2, -0.15) is 0 Å². The van der Waals surface area contributed by atoms with E-state index in [0.29, 0.717) is 5.75 Å². The van der Waals surface area contributed by atoms with Gasteiger partial charge in [0.15, 0.2) is 5.78 Å². The fraction of sp³-hybridized carbons (Fsp3) is 0.0769. The molecule has 0 aliphatic carbocycles. The second-order valence-corrected chi connectivity index (χ2v) is 4.85. The number of benzene rings is 1. The summed E-state index contributed by atoms with van der Waals surface area (Å²) in [5.74, 6) is 0.332. The highest BCUT2D eigenvalue weighted by Crippen LogP contribution is 2.29. The van der Waals surface area contributed by atoms with Crippen LogP contribution in [0.4, 0.5) is 5.69 Å². The monoisotopic (exact) mass is 336 g/mol. The van der Waals surface area contributed by atoms with E-state index in [-0.39, 0.29) is 22.8 Å². The predicted molar refractivity (Wildman–Crippen MR) is 75.1 cm³/mol. The Hall–Kier alpha value is -2.28. The highest BCUT2D eigenvalue weighted by Gasteiger charge is 2.18. The summed E-state index contributed by atoms with van der Waals surface area (Å²) in [5.41, 5.74) is -0.229. The first kappa shape index (κ1) is 14.1. The van der Waals surface area contributed by atoms with Crippen molar-refractivity contribution in [2.24, 2.45) is 0 Å². The average Bonchev–Trinajstić information content (AvgIpc) is 2.38. The van der Waals surface area contributed by atoms with Crippen LogP contribution in [0, 0.1) is 10.1 Å². The Morgan fingerprint density at radius 3 is 2.65 bits per heavy atom. The van der Waals surface area contributed by atoms with Gasteiger partial charge in [-0.25, -0.2) is 0 Å². The van der Waals surface area contributed by atoms with Gasteiger partial charge in [-0.05, 0) is 41.1 Å². The average molecular weight is 337 g/mol. The highest BCUT2D eigenvalue weighted by atomic mass is 79.9. The molecule has 0 spiro atoms. The lowest BCUT2D eigenvalue weighted by atomic mass is 10.1. The standard InChI is InChI=1S/C13H9BrN2O4/c1-8(17)12-3-2-10(5-13(12)16(18)19)20-11-4-9(14)6-15-7-11/h2-7H,1H3. The minimum absolute atomic E-state index is 0.0507. The first-order valence-corrected chi connectivity index (χ1v) is 6.34. The van der Waals surface area contributed by atoms with Gasteiger partial charge in [-0.15, -0.1) is 0 Å². The summed E-state index contributed by atoms with van der Waals surface area (Å²) in [6.45, 7) is 1.28. The van der Waals surface area contributed by atoms with Gasteiger partial charge in [0.05, 0.1) is 22.7 Å². The molecule has 0 saturated carbocycles. The first-order valence-electron chi connectivity index (χ1n) is 5.55. The number of ether oxygens (including phenoxy) is 1. The highest BCUT2D eigenvalue weighted by molar-refractivity contribution is 9.10. The van der Waals surface area contributed by atoms with Crippen molar-refractivity contribution in [3.63, 3.8) is 0 Å². The van der Waals surface area contributed by atoms with Crippen molar-refractivity contribution < 1.29 is 14.5 Å². The van der Waals surface area contributed by atoms with Gasteiger partial charge in [0, 0.05) is 10.7 Å². The molecule has 6 nitrogen and oxygen atoms in total. The van der Waals surface area contributed by atoms with Crippen LogP contribution in [0.15, 0.2) is 41.1 Å². The van der Waals surface area contributed by atoms with E-state index in [1.54, 1.807) is 12.3 Å². The largest absolute Gasteiger partial charge is 0.455 e. The summed E-state index contributed by atoms with van der Waals surface area (Å²) in [5, 5.41) is 11.0. The third-order valence-electron chi connectivity index (χ3n) is 2.46. The summed E-state index contributed by atoms with van der Waals surface area (Å²) < 4.78 is 6.20. The number of halogens is 1. The Morgan fingerprint density at radius 2 is 2.05 bits per heavy atom. The van der Waals surface area contributed by atoms with Crippen LogP contribution in [0.2, 0.25) is 0 Å². The Morgan fingerprint density at radius 1 is 1.30 bits per heavy atom. The maximum atomic E-state index is 11.3. The molecular formula is C13H9BrN2O4. The molecule has 0 unspecified atom stereocenters. The minimum atomic E-state index is -0.608. The zero-order chi connectivity index (χ0) is 14.7. The Bertz CT molecular complexity index is 688. The maximum Gasteiger partial charge on any atom is 0.283 e. The maximum absolute atomic E-state index is 11.3. The SMILES string of the molecule is CC(=O)c1ccc(Oc2cncc(Br)c2)cc1[N+](=O)[O-]. The van der Waals surface area contributed by atoms with Crippen LogP contribution < -0.4 is 4.74 Å². The minimum Gasteiger partial charge on any atom is -0.455 e. The molecule has 102 valence electrons. The zero-order valence-corrected chi connectivity index (χ0v) is 12.0. The molecule has 1 aromatic heterocycles. The van der Waals surface area contributed by atoms with Crippen LogP contribution in [-0.2, 0) is 0 Å². The van der Waals surface area contributed by atoms with E-state index < -0.39 is 4.92 Å². The Balaban J connectivity index is 2.36. The van der Waals surface area contributed by atoms with Crippen molar-refractivity contribution in [1.82, 2.24) is 4.98 Å². The molecule has 0 fully saturated rings. The number of ketones is 1. The molecule has 1 aromatic carbocycles. The summed E-state index contributed by atoms with van der Waals surface area (Å²) in [6, 6.07) is 5.78. The molecule has 0 aliphatic heterocycles. The summed E-state index contributed by atoms with van der Waals surface area (Å²) >= 11 is 3.25. The molecule has 0 bridgehead atoms. The van der Waals surface area contributed by atoms with E-state index in [1.165, 1.54) is 31.3 Å². The van der Waals surface area contributed by atoms with Crippen molar-refractivity contribution in [3.8, 4) is 11.5 Å². The lowest BCUT2D eigenvalue weighted by molar-refractivity contribution is -0.385. The van der Waals surface area contributed by atoms with Crippen molar-refractivity contribution in [3.05, 3.63) is 56.8 Å². The van der Waals surface area contributed by atoms with E-state index in [2.05, 4.69) is 20.9 Å². The van der Waals surface area contributed by atoms with Gasteiger partial charge in [0.25, 0.3) is 5.69 Å². The van der Waals surface area contributed by atoms with Gasteiger partial charge in [-0.3, -0.25) is 19.9 Å². The summed E-state index contributed by atoms with van der Waals surface area (Å²) in [7, 11) is 0. The lowest BCUT2D eigenvalue weighted by Gasteiger charge is -2.06. The molecule has 0 radical (unpaired) electrons. The first-order chi connectivity index (χ1) is 9.47. The molecule has 0 N–H and O–H groups in total. The normalized spacial score (nSPS) is 10.1. The number of nitro benzene ring substituents is 1. The fourth-order valence-electron chi connectivity index (χ4n) is 1.61. The smallest absolute Gasteiger partial charge is 0.283 e. The van der Waals surface area contributed by atoms with Crippen molar-refractivity contribution in [2.45, 2.75) is 6.92 Å². The van der Waals surface area contributed by atoms with Gasteiger partial charge in [-0.1, -0.05) is 0 Å². The van der Waals surface area contributed by atoms with Crippen LogP contribution in [0.3, 0.4) is 0 Å². The van der Waals surface area contributed by atoms with Crippen molar-refractivity contribution in [2.75, 3.05) is 0 Å². The molecular weight excluding hydrogens is 328 g/mol. The molecule has 7 heteroatoms. The zero-order valence-electron chi connectivity index (χ0n) is 10.4. The Kier molecular flexibility index (Phi) is 4.09. The molecule has 0 saturated heterocycles. The molecule has 0 atom stereocenters. The quantitative estimate of drug-likeness (QED) is 0.482. The van der Waals surface area contributed by atoms with Gasteiger partial charge in [0.2, 0.25) is 0 Å². The third kappa shape index (κ3) is 3.18. The van der Waals surface area contributed by atoms with Crippen LogP contribution in [0.5, 0.6) is 11.5 Å². The molecule has 2 aromatic rings. The van der Waals surface area contributed by atoms with E-state index >= 15 is 0 Å². The molecule has 20 heavy (non-hydrogen) atoms. The molecule has 2 rings (SSSR count). The van der Waals surface area contributed by atoms with Crippen LogP contribution >= 0.6 is 15.9 Å². The number of hydrogen-bond acceptors (Lipinski definition) is 5. The van der Waals surface area contributed by atoms with Crippen LogP contribution in [0.1, 0.15) is 17.3 Å². The van der Waals surface area contributed by atoms with Gasteiger partial charge >= 0.3 is 0 Å². The van der Waals surface area contributed by atoms with Crippen molar-refractivity contribution >= 4 is 27.4 Å². The number of Topliss-reactive ketones (excluding diaryl/α,β-unsaturated/α-hetero) is 1. The Labute approximate surface area is 122 Å². The number of carbonyl (C=O) groups is 1. The van der Waals surface area contributed by atoms with E-state index in [0.717, 1.165) is 4.47 Å². The van der Waals surface area contributed by atoms with Crippen LogP contribution in [0.25, 0.3) is 0 Å². The van der Waals surface area contributed by atoms with Crippen molar-refractivity contribution in [1.29, 1.82) is 0 Å². The number of pyridine rings is 1. The number of hydrogen-bond donors (Lipinski definition) is 0. The molecule has 0 amide bonds. The second-order valence-electron chi connectivity index (χ2n) is 3.93. The molecule has 0 aliphatic rings. The topological polar surface area (TPSA) is 82.3 Å². The number of nitro groups is 1. The molecule has 1 heterocycles. The van der Waals surface area contributed by atoms with Gasteiger partial charge in [0.1, 0.15) is 11.5 Å². The summed E-state index contributed by atoms with van der Waals surface area (Å²) in [4.78, 5) is 25.6. The summed E-state index contributed by atoms with van der Waals surface area (Å²) in [6.07, 6.45) is 3.07. The number of nitrogens with zero attached hydrogens (tertiary/aromatic N) is 2. The second kappa shape index (κ2) is 5.79. The van der Waals surface area contributed by atoms with Gasteiger partial charge < -0.3 is 4.74 Å². The van der Waals surface area contributed by atoms with E-state index in [4.69, 9.17) is 4.74 Å². The predicted octanol–water partition coefficient (Wildman–Crippen LogP) is 3.75. The number of carbonyl (C=O) groups excluding carboxylic acids is 1. The lowest BCUT2D eigenvalue weighted by Crippen LogP contribution is -2.00. The van der Waals surface area contributed by atoms with E-state index in [1.807, 2.05) is 0 Å². The number of rotatable bonds is 4. The fourth-order valence-corrected chi connectivity index (χ4v) is 1.95.